The van der Waals surface area contributed by atoms with Crippen LogP contribution in [0.25, 0.3) is 0 Å². The second-order valence-electron chi connectivity index (χ2n) is 4.25. The van der Waals surface area contributed by atoms with Crippen molar-refractivity contribution in [2.75, 3.05) is 24.5 Å². The predicted molar refractivity (Wildman–Crippen MR) is 67.8 cm³/mol. The third kappa shape index (κ3) is 3.17. The molecule has 2 N–H and O–H groups in total. The quantitative estimate of drug-likeness (QED) is 0.823. The van der Waals surface area contributed by atoms with Crippen molar-refractivity contribution in [3.8, 4) is 0 Å². The zero-order chi connectivity index (χ0) is 12.1. The summed E-state index contributed by atoms with van der Waals surface area (Å²) in [7, 11) is 0. The van der Waals surface area contributed by atoms with Gasteiger partial charge in [-0.05, 0) is 13.8 Å². The molecule has 0 aromatic carbocycles. The van der Waals surface area contributed by atoms with Crippen LogP contribution in [0.3, 0.4) is 0 Å². The summed E-state index contributed by atoms with van der Waals surface area (Å²) in [4.78, 5) is 11.2. The Balaban J connectivity index is 3.02. The molecule has 0 aliphatic carbocycles. The van der Waals surface area contributed by atoms with Crippen LogP contribution in [0.5, 0.6) is 0 Å². The number of anilines is 1. The molecule has 0 atom stereocenters. The van der Waals surface area contributed by atoms with Crippen LogP contribution in [0.15, 0.2) is 6.07 Å². The molecule has 0 bridgehead atoms. The number of aromatic nitrogens is 2. The first kappa shape index (κ1) is 12.9. The third-order valence-corrected chi connectivity index (χ3v) is 2.48. The van der Waals surface area contributed by atoms with Crippen LogP contribution in [-0.4, -0.2) is 29.6 Å². The van der Waals surface area contributed by atoms with Gasteiger partial charge in [0.25, 0.3) is 0 Å². The lowest BCUT2D eigenvalue weighted by Gasteiger charge is -2.22. The maximum Gasteiger partial charge on any atom is 0.133 e. The molecule has 0 spiro atoms. The van der Waals surface area contributed by atoms with E-state index in [4.69, 9.17) is 5.73 Å². The average Bonchev–Trinajstić information content (AvgIpc) is 2.24. The van der Waals surface area contributed by atoms with Gasteiger partial charge in [0.1, 0.15) is 11.6 Å². The van der Waals surface area contributed by atoms with E-state index in [0.29, 0.717) is 12.5 Å². The molecule has 0 unspecified atom stereocenters. The normalized spacial score (nSPS) is 10.9. The fourth-order valence-corrected chi connectivity index (χ4v) is 1.59. The smallest absolute Gasteiger partial charge is 0.133 e. The molecule has 0 saturated heterocycles. The summed E-state index contributed by atoms with van der Waals surface area (Å²) < 4.78 is 0. The van der Waals surface area contributed by atoms with Gasteiger partial charge in [-0.25, -0.2) is 9.97 Å². The molecule has 4 heteroatoms. The largest absolute Gasteiger partial charge is 0.356 e. The fraction of sp³-hybridized carbons (Fsp3) is 0.667. The molecule has 0 amide bonds. The molecule has 1 aromatic rings. The van der Waals surface area contributed by atoms with E-state index in [0.717, 1.165) is 30.4 Å². The Hall–Kier alpha value is -1.16. The van der Waals surface area contributed by atoms with Crippen molar-refractivity contribution in [2.45, 2.75) is 33.6 Å². The minimum absolute atomic E-state index is 0.357. The topological polar surface area (TPSA) is 55.0 Å². The lowest BCUT2D eigenvalue weighted by atomic mass is 10.2. The monoisotopic (exact) mass is 222 g/mol. The van der Waals surface area contributed by atoms with E-state index in [2.05, 4.69) is 35.6 Å². The molecule has 16 heavy (non-hydrogen) atoms. The number of rotatable bonds is 5. The van der Waals surface area contributed by atoms with Gasteiger partial charge in [0, 0.05) is 37.3 Å². The van der Waals surface area contributed by atoms with Crippen molar-refractivity contribution in [3.05, 3.63) is 17.6 Å². The maximum absolute atomic E-state index is 5.59. The molecule has 0 aliphatic rings. The molecule has 4 nitrogen and oxygen atoms in total. The van der Waals surface area contributed by atoms with E-state index < -0.39 is 0 Å². The average molecular weight is 222 g/mol. The summed E-state index contributed by atoms with van der Waals surface area (Å²) in [6.45, 7) is 10.7. The Labute approximate surface area is 97.9 Å². The van der Waals surface area contributed by atoms with Crippen LogP contribution < -0.4 is 10.6 Å². The first-order chi connectivity index (χ1) is 7.58. The number of likely N-dealkylation sites (N-methyl/N-ethyl adjacent to an activating group) is 1. The Morgan fingerprint density at radius 2 is 2.06 bits per heavy atom. The zero-order valence-corrected chi connectivity index (χ0v) is 10.7. The van der Waals surface area contributed by atoms with Crippen LogP contribution in [0.4, 0.5) is 5.82 Å². The minimum atomic E-state index is 0.357. The lowest BCUT2D eigenvalue weighted by molar-refractivity contribution is 0.740. The van der Waals surface area contributed by atoms with Crippen molar-refractivity contribution in [2.24, 2.45) is 5.73 Å². The van der Waals surface area contributed by atoms with Gasteiger partial charge >= 0.3 is 0 Å². The second kappa shape index (κ2) is 5.80. The van der Waals surface area contributed by atoms with E-state index in [1.165, 1.54) is 0 Å². The maximum atomic E-state index is 5.59. The van der Waals surface area contributed by atoms with Gasteiger partial charge in [-0.1, -0.05) is 13.8 Å². The molecule has 0 saturated carbocycles. The third-order valence-electron chi connectivity index (χ3n) is 2.48. The van der Waals surface area contributed by atoms with Gasteiger partial charge in [-0.15, -0.1) is 0 Å². The Bertz CT molecular complexity index is 336. The number of hydrogen-bond donors (Lipinski definition) is 1. The fourth-order valence-electron chi connectivity index (χ4n) is 1.59. The van der Waals surface area contributed by atoms with Crippen molar-refractivity contribution in [3.63, 3.8) is 0 Å². The highest BCUT2D eigenvalue weighted by Gasteiger charge is 2.10. The zero-order valence-electron chi connectivity index (χ0n) is 10.7. The highest BCUT2D eigenvalue weighted by atomic mass is 15.2. The molecule has 0 fully saturated rings. The number of nitrogens with zero attached hydrogens (tertiary/aromatic N) is 3. The van der Waals surface area contributed by atoms with Gasteiger partial charge < -0.3 is 10.6 Å². The second-order valence-corrected chi connectivity index (χ2v) is 4.25. The van der Waals surface area contributed by atoms with Gasteiger partial charge in [-0.2, -0.15) is 0 Å². The standard InChI is InChI=1S/C12H22N4/c1-5-16(7-6-13)11-8-10(4)14-12(15-11)9(2)3/h8-9H,5-7,13H2,1-4H3. The molecule has 0 aliphatic heterocycles. The van der Waals surface area contributed by atoms with Crippen LogP contribution in [0.2, 0.25) is 0 Å². The van der Waals surface area contributed by atoms with Crippen LogP contribution in [0.1, 0.15) is 38.2 Å². The summed E-state index contributed by atoms with van der Waals surface area (Å²) in [6.07, 6.45) is 0. The van der Waals surface area contributed by atoms with Gasteiger partial charge in [0.05, 0.1) is 0 Å². The molecular weight excluding hydrogens is 200 g/mol. The predicted octanol–water partition coefficient (Wildman–Crippen LogP) is 1.69. The number of aryl methyl sites for hydroxylation is 1. The summed E-state index contributed by atoms with van der Waals surface area (Å²) in [5, 5.41) is 0. The lowest BCUT2D eigenvalue weighted by Crippen LogP contribution is -2.30. The SMILES string of the molecule is CCN(CCN)c1cc(C)nc(C(C)C)n1. The van der Waals surface area contributed by atoms with Crippen molar-refractivity contribution in [1.82, 2.24) is 9.97 Å². The Morgan fingerprint density at radius 3 is 2.56 bits per heavy atom. The summed E-state index contributed by atoms with van der Waals surface area (Å²) in [6, 6.07) is 2.02. The Kier molecular flexibility index (Phi) is 4.68. The Morgan fingerprint density at radius 1 is 1.38 bits per heavy atom. The summed E-state index contributed by atoms with van der Waals surface area (Å²) in [5.41, 5.74) is 6.61. The first-order valence-corrected chi connectivity index (χ1v) is 5.89. The van der Waals surface area contributed by atoms with E-state index >= 15 is 0 Å². The first-order valence-electron chi connectivity index (χ1n) is 5.89. The highest BCUT2D eigenvalue weighted by Crippen LogP contribution is 2.16. The van der Waals surface area contributed by atoms with E-state index in [-0.39, 0.29) is 0 Å². The summed E-state index contributed by atoms with van der Waals surface area (Å²) in [5.74, 6) is 2.25. The molecule has 90 valence electrons. The van der Waals surface area contributed by atoms with Crippen LogP contribution in [-0.2, 0) is 0 Å². The van der Waals surface area contributed by atoms with E-state index in [1.54, 1.807) is 0 Å². The number of nitrogens with two attached hydrogens (primary N) is 1. The van der Waals surface area contributed by atoms with Gasteiger partial charge in [-0.3, -0.25) is 0 Å². The highest BCUT2D eigenvalue weighted by molar-refractivity contribution is 5.39. The summed E-state index contributed by atoms with van der Waals surface area (Å²) >= 11 is 0. The molecule has 1 aromatic heterocycles. The van der Waals surface area contributed by atoms with Crippen molar-refractivity contribution >= 4 is 5.82 Å². The van der Waals surface area contributed by atoms with E-state index in [1.807, 2.05) is 13.0 Å². The minimum Gasteiger partial charge on any atom is -0.356 e. The van der Waals surface area contributed by atoms with E-state index in [9.17, 15) is 0 Å². The molecule has 1 rings (SSSR count). The van der Waals surface area contributed by atoms with Crippen molar-refractivity contribution < 1.29 is 0 Å². The molecule has 1 heterocycles. The van der Waals surface area contributed by atoms with Crippen LogP contribution in [0, 0.1) is 6.92 Å². The molecular formula is C12H22N4. The number of hydrogen-bond acceptors (Lipinski definition) is 4. The van der Waals surface area contributed by atoms with Gasteiger partial charge in [0.15, 0.2) is 0 Å². The molecule has 0 radical (unpaired) electrons. The van der Waals surface area contributed by atoms with Gasteiger partial charge in [0.2, 0.25) is 0 Å². The van der Waals surface area contributed by atoms with Crippen LogP contribution >= 0.6 is 0 Å². The van der Waals surface area contributed by atoms with Crippen molar-refractivity contribution in [1.29, 1.82) is 0 Å².